The van der Waals surface area contributed by atoms with Gasteiger partial charge in [-0.05, 0) is 74.1 Å². The topological polar surface area (TPSA) is 115 Å². The Morgan fingerprint density at radius 3 is 2.56 bits per heavy atom. The molecule has 5 rings (SSSR count). The Morgan fingerprint density at radius 2 is 1.93 bits per heavy atom. The Labute approximate surface area is 259 Å². The molecule has 0 bridgehead atoms. The van der Waals surface area contributed by atoms with Gasteiger partial charge in [0.2, 0.25) is 5.91 Å². The number of nitrogens with one attached hydrogen (secondary N) is 2. The van der Waals surface area contributed by atoms with Crippen LogP contribution in [0.5, 0.6) is 5.75 Å². The van der Waals surface area contributed by atoms with Gasteiger partial charge >= 0.3 is 0 Å². The summed E-state index contributed by atoms with van der Waals surface area (Å²) in [5, 5.41) is 18.8. The smallest absolute Gasteiger partial charge is 0.271 e. The summed E-state index contributed by atoms with van der Waals surface area (Å²) in [6.45, 7) is 7.54. The van der Waals surface area contributed by atoms with E-state index in [4.69, 9.17) is 28.6 Å². The van der Waals surface area contributed by atoms with Crippen molar-refractivity contribution in [3.63, 3.8) is 0 Å². The molecule has 1 aliphatic heterocycles. The number of amides is 1. The van der Waals surface area contributed by atoms with E-state index >= 15 is 0 Å². The van der Waals surface area contributed by atoms with Crippen LogP contribution in [0.15, 0.2) is 66.9 Å². The van der Waals surface area contributed by atoms with Gasteiger partial charge in [0.1, 0.15) is 5.75 Å². The van der Waals surface area contributed by atoms with E-state index in [-0.39, 0.29) is 29.6 Å². The van der Waals surface area contributed by atoms with Crippen LogP contribution in [0.25, 0.3) is 5.69 Å². The van der Waals surface area contributed by atoms with Crippen molar-refractivity contribution < 1.29 is 14.5 Å². The van der Waals surface area contributed by atoms with E-state index in [0.717, 1.165) is 28.3 Å². The molecule has 2 aromatic heterocycles. The molecule has 1 aliphatic rings. The van der Waals surface area contributed by atoms with Gasteiger partial charge in [-0.3, -0.25) is 19.9 Å². The fourth-order valence-corrected chi connectivity index (χ4v) is 5.97. The number of ether oxygens (including phenoxy) is 1. The first-order valence-corrected chi connectivity index (χ1v) is 14.4. The number of non-ortho nitro benzene ring substituents is 1. The third kappa shape index (κ3) is 5.65. The number of carbonyl (C=O) groups is 1. The maximum atomic E-state index is 12.3. The van der Waals surface area contributed by atoms with Crippen LogP contribution in [0.2, 0.25) is 5.02 Å². The minimum atomic E-state index is -0.423. The average molecular weight is 619 g/mol. The normalized spacial score (nSPS) is 16.3. The van der Waals surface area contributed by atoms with E-state index in [1.165, 1.54) is 19.2 Å². The number of hydrogen-bond acceptors (Lipinski definition) is 6. The number of rotatable bonds is 8. The van der Waals surface area contributed by atoms with E-state index < -0.39 is 4.92 Å². The third-order valence-corrected chi connectivity index (χ3v) is 8.14. The van der Waals surface area contributed by atoms with Crippen LogP contribution >= 0.6 is 23.8 Å². The summed E-state index contributed by atoms with van der Waals surface area (Å²) in [6, 6.07) is 17.0. The number of nitrogens with zero attached hydrogens (tertiary/aromatic N) is 4. The monoisotopic (exact) mass is 618 g/mol. The maximum absolute atomic E-state index is 12.3. The summed E-state index contributed by atoms with van der Waals surface area (Å²) in [5.41, 5.74) is 5.19. The van der Waals surface area contributed by atoms with Crippen molar-refractivity contribution in [2.45, 2.75) is 39.8 Å². The highest BCUT2D eigenvalue weighted by Gasteiger charge is 2.42. The van der Waals surface area contributed by atoms with Gasteiger partial charge in [-0.1, -0.05) is 31.5 Å². The highest BCUT2D eigenvalue weighted by Crippen LogP contribution is 2.45. The molecule has 43 heavy (non-hydrogen) atoms. The largest absolute Gasteiger partial charge is 0.495 e. The highest BCUT2D eigenvalue weighted by molar-refractivity contribution is 7.80. The van der Waals surface area contributed by atoms with Crippen molar-refractivity contribution in [2.75, 3.05) is 17.3 Å². The number of benzene rings is 2. The predicted octanol–water partition coefficient (Wildman–Crippen LogP) is 6.83. The summed E-state index contributed by atoms with van der Waals surface area (Å²) < 4.78 is 7.55. The summed E-state index contributed by atoms with van der Waals surface area (Å²) in [5.74, 6) is 0.169. The van der Waals surface area contributed by atoms with E-state index in [1.807, 2.05) is 61.4 Å². The standard InChI is InChI=1S/C31H31ClN6O4S/c1-17(2)30(39)34-24-11-9-20(15-23(24)32)37-29(28(35-31(37)43)25-8-6-7-13-33-25)22-14-18(3)36(19(22)4)26-16-21(38(40)41)10-12-27(26)42-5/h6-17,28-29H,1-5H3,(H,34,39)(H,35,43)/t28-,29-/m1/s1. The molecule has 2 aromatic carbocycles. The maximum Gasteiger partial charge on any atom is 0.271 e. The summed E-state index contributed by atoms with van der Waals surface area (Å²) in [7, 11) is 1.54. The fourth-order valence-electron chi connectivity index (χ4n) is 5.41. The molecule has 12 heteroatoms. The van der Waals surface area contributed by atoms with Gasteiger partial charge in [-0.25, -0.2) is 0 Å². The SMILES string of the molecule is COc1ccc([N+](=O)[O-])cc1-n1c(C)cc([C@@H]2[C@@H](c3ccccn3)NC(=S)N2c2ccc(NC(=O)C(C)C)c(Cl)c2)c1C. The average Bonchev–Trinajstić information content (AvgIpc) is 3.48. The molecule has 3 heterocycles. The first-order chi connectivity index (χ1) is 20.5. The van der Waals surface area contributed by atoms with E-state index in [9.17, 15) is 14.9 Å². The number of carbonyl (C=O) groups excluding carboxylic acids is 1. The molecule has 0 saturated carbocycles. The molecule has 1 saturated heterocycles. The number of aryl methyl sites for hydroxylation is 1. The van der Waals surface area contributed by atoms with Crippen molar-refractivity contribution in [1.29, 1.82) is 0 Å². The molecular weight excluding hydrogens is 588 g/mol. The predicted molar refractivity (Wildman–Crippen MR) is 171 cm³/mol. The zero-order chi connectivity index (χ0) is 31.0. The molecule has 2 atom stereocenters. The number of hydrogen-bond donors (Lipinski definition) is 2. The second-order valence-corrected chi connectivity index (χ2v) is 11.4. The van der Waals surface area contributed by atoms with Crippen LogP contribution in [0.3, 0.4) is 0 Å². The Balaban J connectivity index is 1.66. The molecular formula is C31H31ClN6O4S. The Hall–Kier alpha value is -4.48. The quantitative estimate of drug-likeness (QED) is 0.125. The number of anilines is 2. The third-order valence-electron chi connectivity index (χ3n) is 7.51. The van der Waals surface area contributed by atoms with Crippen molar-refractivity contribution >= 4 is 51.9 Å². The van der Waals surface area contributed by atoms with Crippen molar-refractivity contribution in [3.05, 3.63) is 105 Å². The number of halogens is 1. The summed E-state index contributed by atoms with van der Waals surface area (Å²) >= 11 is 12.6. The molecule has 0 spiro atoms. The molecule has 4 aromatic rings. The van der Waals surface area contributed by atoms with Gasteiger partial charge in [0.05, 0.1) is 46.2 Å². The molecule has 0 unspecified atom stereocenters. The van der Waals surface area contributed by atoms with E-state index in [1.54, 1.807) is 24.4 Å². The Bertz CT molecular complexity index is 1720. The summed E-state index contributed by atoms with van der Waals surface area (Å²) in [4.78, 5) is 30.2. The number of aromatic nitrogens is 2. The second kappa shape index (κ2) is 12.0. The first-order valence-electron chi connectivity index (χ1n) is 13.6. The Kier molecular flexibility index (Phi) is 8.38. The summed E-state index contributed by atoms with van der Waals surface area (Å²) in [6.07, 6.45) is 1.74. The van der Waals surface area contributed by atoms with Crippen LogP contribution in [0.4, 0.5) is 17.1 Å². The molecule has 1 amide bonds. The lowest BCUT2D eigenvalue weighted by Gasteiger charge is -2.28. The van der Waals surface area contributed by atoms with Crippen LogP contribution in [0, 0.1) is 29.9 Å². The van der Waals surface area contributed by atoms with Crippen LogP contribution in [0.1, 0.15) is 48.6 Å². The zero-order valence-corrected chi connectivity index (χ0v) is 25.9. The number of thiocarbonyl (C=S) groups is 1. The van der Waals surface area contributed by atoms with Gasteiger partial charge in [0.25, 0.3) is 5.69 Å². The fraction of sp³-hybridized carbons (Fsp3) is 0.258. The van der Waals surface area contributed by atoms with Crippen LogP contribution in [-0.4, -0.2) is 32.6 Å². The van der Waals surface area contributed by atoms with Gasteiger partial charge in [-0.2, -0.15) is 0 Å². The zero-order valence-electron chi connectivity index (χ0n) is 24.3. The van der Waals surface area contributed by atoms with E-state index in [2.05, 4.69) is 21.7 Å². The lowest BCUT2D eigenvalue weighted by atomic mass is 9.96. The number of pyridine rings is 1. The lowest BCUT2D eigenvalue weighted by molar-refractivity contribution is -0.384. The van der Waals surface area contributed by atoms with Gasteiger partial charge < -0.3 is 24.8 Å². The number of nitro benzene ring substituents is 1. The van der Waals surface area contributed by atoms with Crippen LogP contribution < -0.4 is 20.3 Å². The Morgan fingerprint density at radius 1 is 1.16 bits per heavy atom. The highest BCUT2D eigenvalue weighted by atomic mass is 35.5. The van der Waals surface area contributed by atoms with Crippen molar-refractivity contribution in [3.8, 4) is 11.4 Å². The molecule has 10 nitrogen and oxygen atoms in total. The van der Waals surface area contributed by atoms with Crippen LogP contribution in [-0.2, 0) is 4.79 Å². The number of nitro groups is 1. The van der Waals surface area contributed by atoms with Crippen molar-refractivity contribution in [2.24, 2.45) is 5.92 Å². The molecule has 2 N–H and O–H groups in total. The minimum Gasteiger partial charge on any atom is -0.495 e. The lowest BCUT2D eigenvalue weighted by Crippen LogP contribution is -2.29. The minimum absolute atomic E-state index is 0.0409. The van der Waals surface area contributed by atoms with Crippen molar-refractivity contribution in [1.82, 2.24) is 14.9 Å². The second-order valence-electron chi connectivity index (χ2n) is 10.6. The molecule has 222 valence electrons. The molecule has 0 aliphatic carbocycles. The van der Waals surface area contributed by atoms with Gasteiger partial charge in [-0.15, -0.1) is 0 Å². The van der Waals surface area contributed by atoms with Gasteiger partial charge in [0.15, 0.2) is 5.11 Å². The first kappa shape index (κ1) is 30.0. The molecule has 1 fully saturated rings. The van der Waals surface area contributed by atoms with Gasteiger partial charge in [0, 0.05) is 41.3 Å². The molecule has 0 radical (unpaired) electrons. The van der Waals surface area contributed by atoms with E-state index in [0.29, 0.717) is 27.3 Å². The number of methoxy groups -OCH3 is 1.